The van der Waals surface area contributed by atoms with Gasteiger partial charge in [0.2, 0.25) is 5.91 Å². The van der Waals surface area contributed by atoms with Crippen LogP contribution in [0.5, 0.6) is 0 Å². The zero-order valence-electron chi connectivity index (χ0n) is 16.4. The van der Waals surface area contributed by atoms with Gasteiger partial charge in [-0.05, 0) is 94.3 Å². The Morgan fingerprint density at radius 3 is 2.22 bits per heavy atom. The van der Waals surface area contributed by atoms with Gasteiger partial charge < -0.3 is 10.6 Å². The number of nitrogens with zero attached hydrogens (tertiary/aromatic N) is 1. The van der Waals surface area contributed by atoms with E-state index in [4.69, 9.17) is 0 Å². The summed E-state index contributed by atoms with van der Waals surface area (Å²) in [5, 5.41) is 5.98. The number of hydrogen-bond acceptors (Lipinski definition) is 3. The molecule has 6 aliphatic rings. The third-order valence-electron chi connectivity index (χ3n) is 8.38. The molecule has 0 aromatic rings. The average molecular weight is 373 g/mol. The number of hydrogen-bond donors (Lipinski definition) is 2. The van der Waals surface area contributed by atoms with Gasteiger partial charge >= 0.3 is 6.03 Å². The smallest absolute Gasteiger partial charge is 0.325 e. The van der Waals surface area contributed by atoms with E-state index < -0.39 is 11.6 Å². The van der Waals surface area contributed by atoms with E-state index in [-0.39, 0.29) is 35.7 Å². The number of nitrogens with one attached hydrogen (secondary N) is 2. The van der Waals surface area contributed by atoms with Gasteiger partial charge in [0, 0.05) is 6.04 Å². The van der Waals surface area contributed by atoms with Crippen LogP contribution in [0.15, 0.2) is 0 Å². The van der Waals surface area contributed by atoms with Crippen molar-refractivity contribution in [3.63, 3.8) is 0 Å². The molecule has 5 saturated carbocycles. The van der Waals surface area contributed by atoms with Gasteiger partial charge in [-0.3, -0.25) is 14.5 Å². The standard InChI is InChI=1S/C21H31N3O3/c1-12(21-8-13-5-14(9-21)7-15(6-13)10-21)22-17(25)11-24-18(26)20(2,16-3-4-16)23-19(24)27/h12-16H,3-11H2,1-2H3,(H,22,25)(H,23,27)/t12-,13?,14?,15?,20+,21?/m1/s1. The maximum Gasteiger partial charge on any atom is 0.325 e. The van der Waals surface area contributed by atoms with Crippen molar-refractivity contribution in [1.82, 2.24) is 15.5 Å². The van der Waals surface area contributed by atoms with E-state index in [1.165, 1.54) is 38.5 Å². The molecule has 0 unspecified atom stereocenters. The molecule has 2 atom stereocenters. The van der Waals surface area contributed by atoms with Crippen LogP contribution in [0.25, 0.3) is 0 Å². The monoisotopic (exact) mass is 373 g/mol. The van der Waals surface area contributed by atoms with E-state index in [1.54, 1.807) is 6.92 Å². The van der Waals surface area contributed by atoms with Crippen LogP contribution in [-0.2, 0) is 9.59 Å². The lowest BCUT2D eigenvalue weighted by Gasteiger charge is -2.59. The first-order valence-corrected chi connectivity index (χ1v) is 10.7. The lowest BCUT2D eigenvalue weighted by atomic mass is 9.48. The molecule has 0 aromatic heterocycles. The molecule has 1 saturated heterocycles. The highest BCUT2D eigenvalue weighted by atomic mass is 16.2. The Morgan fingerprint density at radius 1 is 1.15 bits per heavy atom. The molecule has 27 heavy (non-hydrogen) atoms. The van der Waals surface area contributed by atoms with E-state index in [9.17, 15) is 14.4 Å². The summed E-state index contributed by atoms with van der Waals surface area (Å²) in [6, 6.07) is -0.319. The second kappa shape index (κ2) is 5.71. The quantitative estimate of drug-likeness (QED) is 0.727. The van der Waals surface area contributed by atoms with E-state index in [0.29, 0.717) is 0 Å². The van der Waals surface area contributed by atoms with Crippen LogP contribution < -0.4 is 10.6 Å². The van der Waals surface area contributed by atoms with Crippen LogP contribution in [-0.4, -0.2) is 40.9 Å². The minimum absolute atomic E-state index is 0.106. The van der Waals surface area contributed by atoms with E-state index in [1.807, 2.05) is 0 Å². The summed E-state index contributed by atoms with van der Waals surface area (Å²) in [6.45, 7) is 3.76. The maximum atomic E-state index is 12.7. The van der Waals surface area contributed by atoms with Crippen molar-refractivity contribution in [2.45, 2.75) is 76.8 Å². The number of carbonyl (C=O) groups excluding carboxylic acids is 3. The molecule has 148 valence electrons. The normalized spacial score (nSPS) is 43.8. The fraction of sp³-hybridized carbons (Fsp3) is 0.857. The molecule has 6 nitrogen and oxygen atoms in total. The van der Waals surface area contributed by atoms with Crippen molar-refractivity contribution < 1.29 is 14.4 Å². The molecule has 1 aliphatic heterocycles. The molecule has 0 spiro atoms. The fourth-order valence-corrected chi connectivity index (χ4v) is 7.09. The molecule has 4 bridgehead atoms. The van der Waals surface area contributed by atoms with Crippen molar-refractivity contribution in [3.8, 4) is 0 Å². The fourth-order valence-electron chi connectivity index (χ4n) is 7.09. The second-order valence-electron chi connectivity index (χ2n) is 10.4. The first-order valence-electron chi connectivity index (χ1n) is 10.7. The third kappa shape index (κ3) is 2.70. The van der Waals surface area contributed by atoms with Crippen LogP contribution in [0.1, 0.15) is 65.2 Å². The Balaban J connectivity index is 1.23. The Kier molecular flexibility index (Phi) is 3.70. The average Bonchev–Trinajstić information content (AvgIpc) is 3.40. The van der Waals surface area contributed by atoms with Gasteiger partial charge in [0.15, 0.2) is 0 Å². The van der Waals surface area contributed by atoms with Gasteiger partial charge in [-0.2, -0.15) is 0 Å². The summed E-state index contributed by atoms with van der Waals surface area (Å²) >= 11 is 0. The number of amides is 4. The predicted molar refractivity (Wildman–Crippen MR) is 99.6 cm³/mol. The van der Waals surface area contributed by atoms with Crippen LogP contribution in [0.4, 0.5) is 4.79 Å². The molecule has 6 heteroatoms. The summed E-state index contributed by atoms with van der Waals surface area (Å²) in [5.41, 5.74) is -0.590. The second-order valence-corrected chi connectivity index (χ2v) is 10.4. The highest BCUT2D eigenvalue weighted by Gasteiger charge is 2.57. The molecule has 6 rings (SSSR count). The van der Waals surface area contributed by atoms with Crippen molar-refractivity contribution >= 4 is 17.8 Å². The van der Waals surface area contributed by atoms with Gasteiger partial charge in [0.25, 0.3) is 5.91 Å². The molecule has 2 N–H and O–H groups in total. The highest BCUT2D eigenvalue weighted by Crippen LogP contribution is 2.61. The Hall–Kier alpha value is -1.59. The summed E-state index contributed by atoms with van der Waals surface area (Å²) in [5.74, 6) is 2.27. The van der Waals surface area contributed by atoms with Crippen LogP contribution in [0, 0.1) is 29.1 Å². The van der Waals surface area contributed by atoms with Gasteiger partial charge in [-0.25, -0.2) is 4.79 Å². The number of urea groups is 1. The van der Waals surface area contributed by atoms with Gasteiger partial charge in [0.05, 0.1) is 0 Å². The zero-order chi connectivity index (χ0) is 19.0. The molecule has 0 radical (unpaired) electrons. The summed E-state index contributed by atoms with van der Waals surface area (Å²) in [6.07, 6.45) is 9.74. The summed E-state index contributed by atoms with van der Waals surface area (Å²) in [7, 11) is 0. The molecular formula is C21H31N3O3. The zero-order valence-corrected chi connectivity index (χ0v) is 16.4. The number of imide groups is 1. The SMILES string of the molecule is C[C@@H](NC(=O)CN1C(=O)N[C@@](C)(C2CC2)C1=O)C12CC3CC(CC(C3)C1)C2. The van der Waals surface area contributed by atoms with Crippen molar-refractivity contribution in [1.29, 1.82) is 0 Å². The molecule has 6 fully saturated rings. The summed E-state index contributed by atoms with van der Waals surface area (Å²) < 4.78 is 0. The van der Waals surface area contributed by atoms with Crippen LogP contribution >= 0.6 is 0 Å². The van der Waals surface area contributed by atoms with Crippen molar-refractivity contribution in [3.05, 3.63) is 0 Å². The third-order valence-corrected chi connectivity index (χ3v) is 8.38. The molecule has 4 amide bonds. The maximum absolute atomic E-state index is 12.7. The van der Waals surface area contributed by atoms with E-state index >= 15 is 0 Å². The summed E-state index contributed by atoms with van der Waals surface area (Å²) in [4.78, 5) is 38.8. The van der Waals surface area contributed by atoms with E-state index in [2.05, 4.69) is 17.6 Å². The lowest BCUT2D eigenvalue weighted by Crippen LogP contribution is -2.57. The largest absolute Gasteiger partial charge is 0.352 e. The minimum Gasteiger partial charge on any atom is -0.352 e. The van der Waals surface area contributed by atoms with E-state index in [0.717, 1.165) is 35.5 Å². The predicted octanol–water partition coefficient (Wildman–Crippen LogP) is 2.43. The topological polar surface area (TPSA) is 78.5 Å². The van der Waals surface area contributed by atoms with Crippen molar-refractivity contribution in [2.75, 3.05) is 6.54 Å². The molecule has 0 aromatic carbocycles. The molecular weight excluding hydrogens is 342 g/mol. The Bertz CT molecular complexity index is 666. The van der Waals surface area contributed by atoms with Gasteiger partial charge in [-0.1, -0.05) is 0 Å². The minimum atomic E-state index is -0.817. The van der Waals surface area contributed by atoms with Crippen molar-refractivity contribution in [2.24, 2.45) is 29.1 Å². The van der Waals surface area contributed by atoms with Gasteiger partial charge in [0.1, 0.15) is 12.1 Å². The van der Waals surface area contributed by atoms with Crippen LogP contribution in [0.2, 0.25) is 0 Å². The van der Waals surface area contributed by atoms with Gasteiger partial charge in [-0.15, -0.1) is 0 Å². The first kappa shape index (κ1) is 17.5. The lowest BCUT2D eigenvalue weighted by molar-refractivity contribution is -0.136. The molecule has 5 aliphatic carbocycles. The Morgan fingerprint density at radius 2 is 1.70 bits per heavy atom. The molecule has 1 heterocycles. The van der Waals surface area contributed by atoms with Crippen LogP contribution in [0.3, 0.4) is 0 Å². The number of carbonyl (C=O) groups is 3. The Labute approximate surface area is 160 Å². The first-order chi connectivity index (χ1) is 12.8. The highest BCUT2D eigenvalue weighted by molar-refractivity contribution is 6.09. The number of rotatable bonds is 5.